The molecule has 0 spiro atoms. The second-order valence-electron chi connectivity index (χ2n) is 8.06. The number of aliphatic hydroxyl groups excluding tert-OH is 1. The van der Waals surface area contributed by atoms with E-state index < -0.39 is 23.0 Å². The Kier molecular flexibility index (Phi) is 5.36. The minimum atomic E-state index is -0.935. The van der Waals surface area contributed by atoms with E-state index in [0.717, 1.165) is 0 Å². The number of aliphatic hydroxyl groups is 1. The fourth-order valence-electron chi connectivity index (χ4n) is 3.91. The summed E-state index contributed by atoms with van der Waals surface area (Å²) in [5, 5.41) is 11.8. The average molecular weight is 478 g/mol. The molecule has 0 bridgehead atoms. The molecule has 1 saturated carbocycles. The van der Waals surface area contributed by atoms with E-state index in [0.29, 0.717) is 30.4 Å². The van der Waals surface area contributed by atoms with Gasteiger partial charge >= 0.3 is 0 Å². The number of hydrogen-bond donors (Lipinski definition) is 2. The highest BCUT2D eigenvalue weighted by molar-refractivity contribution is 9.10. The lowest BCUT2D eigenvalue weighted by atomic mass is 9.90. The number of aliphatic imine (C=N–C) groups is 1. The molecule has 158 valence electrons. The quantitative estimate of drug-likeness (QED) is 0.647. The maximum Gasteiger partial charge on any atom is 0.261 e. The van der Waals surface area contributed by atoms with E-state index in [4.69, 9.17) is 0 Å². The van der Waals surface area contributed by atoms with E-state index >= 15 is 0 Å². The molecule has 7 nitrogen and oxygen atoms in total. The normalized spacial score (nSPS) is 23.6. The summed E-state index contributed by atoms with van der Waals surface area (Å²) in [4.78, 5) is 44.4. The topological polar surface area (TPSA) is 99.1 Å². The Morgan fingerprint density at radius 1 is 1.40 bits per heavy atom. The third kappa shape index (κ3) is 3.60. The first-order valence-electron chi connectivity index (χ1n) is 9.79. The number of rotatable bonds is 4. The number of carbonyl (C=O) groups excluding carboxylic acids is 3. The highest BCUT2D eigenvalue weighted by atomic mass is 79.9. The number of hydrogen-bond acceptors (Lipinski definition) is 6. The number of amides is 2. The first-order chi connectivity index (χ1) is 14.3. The number of halogens is 2. The summed E-state index contributed by atoms with van der Waals surface area (Å²) in [5.74, 6) is -2.33. The standard InChI is InChI=1S/C21H21BrFN3O4/c1-11-9-26-7-4-15(28)18(26)16(19(29)25-20(30)21(10-27)5-6-21)17(11)24-14-3-2-12(22)8-13(14)23/h2-3,8,11,27H,4-7,9-10H2,1H3,(H,25,29,30). The van der Waals surface area contributed by atoms with Gasteiger partial charge in [0.1, 0.15) is 5.82 Å². The number of fused-ring (bicyclic) bond motifs is 1. The van der Waals surface area contributed by atoms with Crippen molar-refractivity contribution in [2.45, 2.75) is 26.2 Å². The SMILES string of the molecule is CC1CN2CCC(=O)C2=C(C(=O)NC(=O)C2(CO)CC2)C1=Nc1ccc(Br)cc1F. The van der Waals surface area contributed by atoms with E-state index in [1.165, 1.54) is 12.1 Å². The maximum absolute atomic E-state index is 14.4. The number of nitrogens with one attached hydrogen (secondary N) is 1. The van der Waals surface area contributed by atoms with Crippen molar-refractivity contribution in [2.75, 3.05) is 19.7 Å². The number of Topliss-reactive ketones (excluding diaryl/α,β-unsaturated/α-hetero) is 1. The monoisotopic (exact) mass is 477 g/mol. The third-order valence-corrected chi connectivity index (χ3v) is 6.38. The second kappa shape index (κ2) is 7.70. The lowest BCUT2D eigenvalue weighted by Crippen LogP contribution is -2.46. The molecule has 1 atom stereocenters. The molecule has 2 heterocycles. The second-order valence-corrected chi connectivity index (χ2v) is 8.97. The molecule has 1 unspecified atom stereocenters. The Morgan fingerprint density at radius 3 is 2.77 bits per heavy atom. The first-order valence-corrected chi connectivity index (χ1v) is 10.6. The van der Waals surface area contributed by atoms with Gasteiger partial charge in [0.05, 0.1) is 34.7 Å². The van der Waals surface area contributed by atoms with Crippen LogP contribution in [0.5, 0.6) is 0 Å². The Hall–Kier alpha value is -2.39. The van der Waals surface area contributed by atoms with Crippen molar-refractivity contribution in [1.82, 2.24) is 10.2 Å². The third-order valence-electron chi connectivity index (χ3n) is 5.89. The number of nitrogens with zero attached hydrogens (tertiary/aromatic N) is 2. The molecule has 0 aromatic heterocycles. The van der Waals surface area contributed by atoms with Gasteiger partial charge in [-0.1, -0.05) is 22.9 Å². The fraction of sp³-hybridized carbons (Fsp3) is 0.429. The Labute approximate surface area is 181 Å². The van der Waals surface area contributed by atoms with E-state index in [1.807, 2.05) is 11.8 Å². The van der Waals surface area contributed by atoms with Crippen LogP contribution in [0.15, 0.2) is 38.9 Å². The van der Waals surface area contributed by atoms with Gasteiger partial charge in [0.2, 0.25) is 5.91 Å². The lowest BCUT2D eigenvalue weighted by molar-refractivity contribution is -0.133. The summed E-state index contributed by atoms with van der Waals surface area (Å²) >= 11 is 3.20. The predicted octanol–water partition coefficient (Wildman–Crippen LogP) is 2.25. The van der Waals surface area contributed by atoms with Crippen LogP contribution in [0, 0.1) is 17.2 Å². The summed E-state index contributed by atoms with van der Waals surface area (Å²) in [6, 6.07) is 4.39. The molecule has 0 radical (unpaired) electrons. The molecule has 1 aromatic carbocycles. The van der Waals surface area contributed by atoms with Crippen LogP contribution in [0.1, 0.15) is 26.2 Å². The fourth-order valence-corrected chi connectivity index (χ4v) is 4.24. The van der Waals surface area contributed by atoms with Gasteiger partial charge < -0.3 is 10.0 Å². The molecule has 1 saturated heterocycles. The van der Waals surface area contributed by atoms with Crippen LogP contribution in [0.25, 0.3) is 0 Å². The van der Waals surface area contributed by atoms with E-state index in [2.05, 4.69) is 26.2 Å². The molecule has 2 fully saturated rings. The van der Waals surface area contributed by atoms with E-state index in [9.17, 15) is 23.9 Å². The summed E-state index contributed by atoms with van der Waals surface area (Å²) < 4.78 is 15.0. The molecule has 1 aromatic rings. The van der Waals surface area contributed by atoms with Gasteiger partial charge in [0.15, 0.2) is 5.78 Å². The van der Waals surface area contributed by atoms with Gasteiger partial charge in [0, 0.05) is 29.9 Å². The van der Waals surface area contributed by atoms with Gasteiger partial charge in [-0.25, -0.2) is 9.38 Å². The minimum Gasteiger partial charge on any atom is -0.395 e. The maximum atomic E-state index is 14.4. The van der Waals surface area contributed by atoms with Gasteiger partial charge in [-0.3, -0.25) is 19.7 Å². The number of allylic oxidation sites excluding steroid dienone is 1. The zero-order valence-electron chi connectivity index (χ0n) is 16.4. The highest BCUT2D eigenvalue weighted by Gasteiger charge is 2.50. The molecule has 9 heteroatoms. The molecule has 2 N–H and O–H groups in total. The van der Waals surface area contributed by atoms with Crippen molar-refractivity contribution in [3.05, 3.63) is 39.8 Å². The first kappa shape index (κ1) is 20.9. The van der Waals surface area contributed by atoms with Crippen LogP contribution in [0.2, 0.25) is 0 Å². The molecule has 4 rings (SSSR count). The smallest absolute Gasteiger partial charge is 0.261 e. The lowest BCUT2D eigenvalue weighted by Gasteiger charge is -2.32. The molecule has 2 amide bonds. The molecule has 2 aliphatic heterocycles. The van der Waals surface area contributed by atoms with Crippen molar-refractivity contribution >= 4 is 44.9 Å². The Morgan fingerprint density at radius 2 is 2.13 bits per heavy atom. The zero-order chi connectivity index (χ0) is 21.6. The van der Waals surface area contributed by atoms with Crippen molar-refractivity contribution in [1.29, 1.82) is 0 Å². The summed E-state index contributed by atoms with van der Waals surface area (Å²) in [5.41, 5.74) is -0.374. The van der Waals surface area contributed by atoms with Gasteiger partial charge in [-0.15, -0.1) is 0 Å². The number of carbonyl (C=O) groups is 3. The van der Waals surface area contributed by atoms with E-state index in [1.54, 1.807) is 6.07 Å². The highest BCUT2D eigenvalue weighted by Crippen LogP contribution is 2.45. The molecule has 3 aliphatic rings. The van der Waals surface area contributed by atoms with E-state index in [-0.39, 0.29) is 47.4 Å². The molecule has 30 heavy (non-hydrogen) atoms. The summed E-state index contributed by atoms with van der Waals surface area (Å²) in [6.45, 7) is 2.47. The number of imide groups is 1. The van der Waals surface area contributed by atoms with Crippen LogP contribution < -0.4 is 5.32 Å². The van der Waals surface area contributed by atoms with Gasteiger partial charge in [0.25, 0.3) is 5.91 Å². The number of ketones is 1. The Balaban J connectivity index is 1.77. The molecular formula is C21H21BrFN3O4. The Bertz CT molecular complexity index is 1020. The van der Waals surface area contributed by atoms with Crippen LogP contribution in [-0.4, -0.2) is 53.0 Å². The largest absolute Gasteiger partial charge is 0.395 e. The van der Waals surface area contributed by atoms with Crippen molar-refractivity contribution in [2.24, 2.45) is 16.3 Å². The zero-order valence-corrected chi connectivity index (χ0v) is 18.0. The number of benzene rings is 1. The van der Waals surface area contributed by atoms with Crippen LogP contribution >= 0.6 is 15.9 Å². The van der Waals surface area contributed by atoms with Gasteiger partial charge in [-0.05, 0) is 31.0 Å². The summed E-state index contributed by atoms with van der Waals surface area (Å²) in [6.07, 6.45) is 1.27. The van der Waals surface area contributed by atoms with Crippen molar-refractivity contribution in [3.63, 3.8) is 0 Å². The molecular weight excluding hydrogens is 457 g/mol. The molecule has 1 aliphatic carbocycles. The van der Waals surface area contributed by atoms with Gasteiger partial charge in [-0.2, -0.15) is 0 Å². The van der Waals surface area contributed by atoms with Crippen LogP contribution in [-0.2, 0) is 14.4 Å². The van der Waals surface area contributed by atoms with Crippen molar-refractivity contribution < 1.29 is 23.9 Å². The predicted molar refractivity (Wildman–Crippen MR) is 110 cm³/mol. The van der Waals surface area contributed by atoms with Crippen molar-refractivity contribution in [3.8, 4) is 0 Å². The minimum absolute atomic E-state index is 0.0145. The van der Waals surface area contributed by atoms with Crippen LogP contribution in [0.4, 0.5) is 10.1 Å². The summed E-state index contributed by atoms with van der Waals surface area (Å²) in [7, 11) is 0. The van der Waals surface area contributed by atoms with Crippen LogP contribution in [0.3, 0.4) is 0 Å². The average Bonchev–Trinajstić information content (AvgIpc) is 3.43.